The van der Waals surface area contributed by atoms with E-state index >= 15 is 0 Å². The molecule has 29 heavy (non-hydrogen) atoms. The Hall–Kier alpha value is -2.59. The molecule has 1 N–H and O–H groups in total. The van der Waals surface area contributed by atoms with E-state index in [1.807, 2.05) is 0 Å². The molecule has 2 aromatic carbocycles. The molecule has 0 saturated heterocycles. The number of alkyl halides is 3. The summed E-state index contributed by atoms with van der Waals surface area (Å²) in [5.74, 6) is -1.75. The van der Waals surface area contributed by atoms with E-state index in [4.69, 9.17) is 16.3 Å². The number of carbonyl (C=O) groups excluding carboxylic acids is 2. The monoisotopic (exact) mass is 449 g/mol. The summed E-state index contributed by atoms with van der Waals surface area (Å²) in [4.78, 5) is 24.0. The van der Waals surface area contributed by atoms with Gasteiger partial charge in [-0.1, -0.05) is 11.6 Å². The minimum Gasteiger partial charge on any atom is -0.449 e. The molecule has 0 saturated carbocycles. The third kappa shape index (κ3) is 5.94. The zero-order chi connectivity index (χ0) is 22.0. The van der Waals surface area contributed by atoms with Crippen LogP contribution in [0.3, 0.4) is 0 Å². The third-order valence-corrected chi connectivity index (χ3v) is 5.28. The summed E-state index contributed by atoms with van der Waals surface area (Å²) >= 11 is 5.81. The summed E-state index contributed by atoms with van der Waals surface area (Å²) in [6.07, 6.45) is -4.89. The molecule has 6 nitrogen and oxygen atoms in total. The molecular weight excluding hydrogens is 435 g/mol. The second kappa shape index (κ2) is 8.42. The third-order valence-electron chi connectivity index (χ3n) is 3.70. The van der Waals surface area contributed by atoms with E-state index in [-0.39, 0.29) is 21.2 Å². The molecule has 1 unspecified atom stereocenters. The first kappa shape index (κ1) is 22.7. The predicted octanol–water partition coefficient (Wildman–Crippen LogP) is 3.95. The largest absolute Gasteiger partial charge is 0.449 e. The van der Waals surface area contributed by atoms with Gasteiger partial charge in [-0.15, -0.1) is 0 Å². The average molecular weight is 450 g/mol. The summed E-state index contributed by atoms with van der Waals surface area (Å²) in [7, 11) is -3.69. The van der Waals surface area contributed by atoms with E-state index in [0.717, 1.165) is 36.6 Å². The number of carbonyl (C=O) groups is 2. The highest BCUT2D eigenvalue weighted by Gasteiger charge is 2.30. The molecule has 0 spiro atoms. The first-order valence-electron chi connectivity index (χ1n) is 7.98. The number of benzene rings is 2. The first-order valence-corrected chi connectivity index (χ1v) is 10.2. The molecule has 0 heterocycles. The van der Waals surface area contributed by atoms with Gasteiger partial charge in [-0.3, -0.25) is 4.79 Å². The van der Waals surface area contributed by atoms with Gasteiger partial charge in [0.15, 0.2) is 15.9 Å². The summed E-state index contributed by atoms with van der Waals surface area (Å²) in [5, 5.41) is 2.25. The predicted molar refractivity (Wildman–Crippen MR) is 99.5 cm³/mol. The number of esters is 1. The minimum absolute atomic E-state index is 0.0721. The first-order chi connectivity index (χ1) is 13.3. The van der Waals surface area contributed by atoms with E-state index in [1.54, 1.807) is 0 Å². The molecule has 156 valence electrons. The van der Waals surface area contributed by atoms with Crippen molar-refractivity contribution < 1.29 is 35.9 Å². The van der Waals surface area contributed by atoms with E-state index in [0.29, 0.717) is 0 Å². The summed E-state index contributed by atoms with van der Waals surface area (Å²) in [6, 6.07) is 7.20. The minimum atomic E-state index is -4.51. The Balaban J connectivity index is 2.07. The number of ether oxygens (including phenoxy) is 1. The van der Waals surface area contributed by atoms with Crippen molar-refractivity contribution in [2.24, 2.45) is 0 Å². The molecule has 2 aromatic rings. The average Bonchev–Trinajstić information content (AvgIpc) is 2.60. The van der Waals surface area contributed by atoms with Crippen LogP contribution in [0.1, 0.15) is 22.8 Å². The van der Waals surface area contributed by atoms with Gasteiger partial charge in [0, 0.05) is 11.9 Å². The van der Waals surface area contributed by atoms with E-state index in [2.05, 4.69) is 5.32 Å². The van der Waals surface area contributed by atoms with Gasteiger partial charge in [0.25, 0.3) is 5.91 Å². The highest BCUT2D eigenvalue weighted by molar-refractivity contribution is 7.90. The quantitative estimate of drug-likeness (QED) is 0.698. The van der Waals surface area contributed by atoms with Crippen LogP contribution in [0.2, 0.25) is 5.02 Å². The molecular formula is C18H15ClF3NO5S. The van der Waals surface area contributed by atoms with Crippen molar-refractivity contribution in [3.8, 4) is 0 Å². The van der Waals surface area contributed by atoms with Crippen molar-refractivity contribution in [1.82, 2.24) is 0 Å². The maximum atomic E-state index is 12.6. The lowest BCUT2D eigenvalue weighted by atomic mass is 10.2. The van der Waals surface area contributed by atoms with Crippen LogP contribution in [0.5, 0.6) is 0 Å². The van der Waals surface area contributed by atoms with Crippen LogP contribution in [0.25, 0.3) is 0 Å². The topological polar surface area (TPSA) is 89.5 Å². The zero-order valence-corrected chi connectivity index (χ0v) is 16.7. The van der Waals surface area contributed by atoms with E-state index in [1.165, 1.54) is 19.1 Å². The number of rotatable bonds is 5. The maximum Gasteiger partial charge on any atom is 0.416 e. The van der Waals surface area contributed by atoms with Crippen molar-refractivity contribution in [3.05, 3.63) is 58.6 Å². The summed E-state index contributed by atoms with van der Waals surface area (Å²) < 4.78 is 66.0. The van der Waals surface area contributed by atoms with E-state index < -0.39 is 39.6 Å². The van der Waals surface area contributed by atoms with Gasteiger partial charge in [0.1, 0.15) is 0 Å². The maximum absolute atomic E-state index is 12.6. The van der Waals surface area contributed by atoms with E-state index in [9.17, 15) is 31.2 Å². The van der Waals surface area contributed by atoms with Crippen molar-refractivity contribution in [2.45, 2.75) is 24.1 Å². The van der Waals surface area contributed by atoms with Crippen LogP contribution in [0.15, 0.2) is 47.4 Å². The smallest absolute Gasteiger partial charge is 0.416 e. The zero-order valence-electron chi connectivity index (χ0n) is 15.1. The van der Waals surface area contributed by atoms with Crippen molar-refractivity contribution in [3.63, 3.8) is 0 Å². The molecule has 0 fully saturated rings. The molecule has 0 bridgehead atoms. The highest BCUT2D eigenvalue weighted by Crippen LogP contribution is 2.30. The number of amides is 1. The summed E-state index contributed by atoms with van der Waals surface area (Å²) in [5.41, 5.74) is -0.930. The Bertz CT molecular complexity index is 1040. The number of hydrogen-bond donors (Lipinski definition) is 1. The Morgan fingerprint density at radius 3 is 2.21 bits per heavy atom. The van der Waals surface area contributed by atoms with Crippen LogP contribution in [0.4, 0.5) is 18.9 Å². The highest BCUT2D eigenvalue weighted by atomic mass is 35.5. The molecule has 0 aromatic heterocycles. The van der Waals surface area contributed by atoms with Crippen LogP contribution >= 0.6 is 11.6 Å². The lowest BCUT2D eigenvalue weighted by Gasteiger charge is -2.14. The number of nitrogens with one attached hydrogen (secondary N) is 1. The molecule has 2 rings (SSSR count). The Morgan fingerprint density at radius 2 is 1.69 bits per heavy atom. The Morgan fingerprint density at radius 1 is 1.10 bits per heavy atom. The van der Waals surface area contributed by atoms with Gasteiger partial charge in [-0.05, 0) is 49.4 Å². The number of halogens is 4. The fourth-order valence-electron chi connectivity index (χ4n) is 2.18. The second-order valence-electron chi connectivity index (χ2n) is 6.03. The number of anilines is 1. The second-order valence-corrected chi connectivity index (χ2v) is 8.42. The fourth-order valence-corrected chi connectivity index (χ4v) is 3.48. The van der Waals surface area contributed by atoms with Crippen molar-refractivity contribution >= 4 is 39.0 Å². The van der Waals surface area contributed by atoms with Gasteiger partial charge in [-0.25, -0.2) is 13.2 Å². The normalized spacial score (nSPS) is 12.9. The van der Waals surface area contributed by atoms with Gasteiger partial charge in [-0.2, -0.15) is 13.2 Å². The molecule has 0 aliphatic heterocycles. The van der Waals surface area contributed by atoms with Crippen molar-refractivity contribution in [2.75, 3.05) is 11.6 Å². The number of hydrogen-bond acceptors (Lipinski definition) is 5. The van der Waals surface area contributed by atoms with Gasteiger partial charge < -0.3 is 10.1 Å². The fraction of sp³-hybridized carbons (Fsp3) is 0.222. The Kier molecular flexibility index (Phi) is 6.59. The van der Waals surface area contributed by atoms with Crippen LogP contribution in [-0.2, 0) is 25.5 Å². The molecule has 0 aliphatic rings. The molecule has 1 amide bonds. The standard InChI is InChI=1S/C18H15ClF3NO5S/c1-10(16(24)23-13-6-4-12(5-7-13)18(20,21)22)28-17(25)11-3-8-14(19)15(9-11)29(2,26)27/h3-10H,1-2H3,(H,23,24). The SMILES string of the molecule is CC(OC(=O)c1ccc(Cl)c(S(C)(=O)=O)c1)C(=O)Nc1ccc(C(F)(F)F)cc1. The Labute approximate surface area is 169 Å². The number of sulfone groups is 1. The van der Waals surface area contributed by atoms with Gasteiger partial charge >= 0.3 is 12.1 Å². The lowest BCUT2D eigenvalue weighted by molar-refractivity contribution is -0.137. The molecule has 0 aliphatic carbocycles. The molecule has 0 radical (unpaired) electrons. The van der Waals surface area contributed by atoms with Crippen molar-refractivity contribution in [1.29, 1.82) is 0 Å². The molecule has 1 atom stereocenters. The van der Waals surface area contributed by atoms with Crippen LogP contribution < -0.4 is 5.32 Å². The lowest BCUT2D eigenvalue weighted by Crippen LogP contribution is -2.30. The van der Waals surface area contributed by atoms with Gasteiger partial charge in [0.05, 0.1) is 21.0 Å². The van der Waals surface area contributed by atoms with Gasteiger partial charge in [0.2, 0.25) is 0 Å². The van der Waals surface area contributed by atoms with Crippen LogP contribution in [-0.4, -0.2) is 32.7 Å². The summed E-state index contributed by atoms with van der Waals surface area (Å²) in [6.45, 7) is 1.25. The molecule has 11 heteroatoms. The van der Waals surface area contributed by atoms with Crippen LogP contribution in [0, 0.1) is 0 Å².